The Morgan fingerprint density at radius 2 is 2.31 bits per heavy atom. The van der Waals surface area contributed by atoms with Crippen molar-refractivity contribution < 1.29 is 9.21 Å². The Balaban J connectivity index is 2.73. The number of carbonyl (C=O) groups is 1. The van der Waals surface area contributed by atoms with E-state index in [2.05, 4.69) is 5.32 Å². The fourth-order valence-corrected chi connectivity index (χ4v) is 1.58. The number of rotatable bonds is 5. The monoisotopic (exact) mass is 224 g/mol. The predicted molar refractivity (Wildman–Crippen MR) is 63.3 cm³/mol. The van der Waals surface area contributed by atoms with Crippen LogP contribution in [0.1, 0.15) is 42.8 Å². The third-order valence-corrected chi connectivity index (χ3v) is 2.96. The van der Waals surface area contributed by atoms with Crippen molar-refractivity contribution in [3.05, 3.63) is 23.7 Å². The maximum Gasteiger partial charge on any atom is 0.287 e. The van der Waals surface area contributed by atoms with Gasteiger partial charge in [-0.05, 0) is 39.3 Å². The minimum absolute atomic E-state index is 0.166. The van der Waals surface area contributed by atoms with Gasteiger partial charge in [0.1, 0.15) is 0 Å². The van der Waals surface area contributed by atoms with Crippen LogP contribution in [0.4, 0.5) is 0 Å². The van der Waals surface area contributed by atoms with Crippen molar-refractivity contribution in [1.82, 2.24) is 5.32 Å². The molecular formula is C12H20N2O2. The smallest absolute Gasteiger partial charge is 0.287 e. The second-order valence-electron chi connectivity index (χ2n) is 4.34. The van der Waals surface area contributed by atoms with Gasteiger partial charge in [0.2, 0.25) is 0 Å². The molecule has 4 heteroatoms. The Kier molecular flexibility index (Phi) is 4.12. The van der Waals surface area contributed by atoms with Crippen molar-refractivity contribution in [3.63, 3.8) is 0 Å². The van der Waals surface area contributed by atoms with Gasteiger partial charge in [-0.15, -0.1) is 0 Å². The Hall–Kier alpha value is -1.29. The molecule has 1 amide bonds. The summed E-state index contributed by atoms with van der Waals surface area (Å²) in [4.78, 5) is 11.9. The molecule has 0 aliphatic heterocycles. The minimum atomic E-state index is -0.259. The number of carbonyl (C=O) groups excluding carboxylic acids is 1. The number of amides is 1. The summed E-state index contributed by atoms with van der Waals surface area (Å²) in [5.41, 5.74) is 6.13. The van der Waals surface area contributed by atoms with E-state index in [1.807, 2.05) is 20.8 Å². The van der Waals surface area contributed by atoms with Crippen molar-refractivity contribution in [1.29, 1.82) is 0 Å². The highest BCUT2D eigenvalue weighted by Gasteiger charge is 2.25. The maximum absolute atomic E-state index is 11.9. The van der Waals surface area contributed by atoms with Crippen LogP contribution in [0.25, 0.3) is 0 Å². The summed E-state index contributed by atoms with van der Waals surface area (Å²) >= 11 is 0. The first kappa shape index (κ1) is 12.8. The van der Waals surface area contributed by atoms with Gasteiger partial charge in [-0.25, -0.2) is 0 Å². The van der Waals surface area contributed by atoms with Gasteiger partial charge in [-0.2, -0.15) is 0 Å². The van der Waals surface area contributed by atoms with Crippen LogP contribution < -0.4 is 11.1 Å². The molecule has 0 saturated carbocycles. The molecule has 0 aliphatic carbocycles. The number of aryl methyl sites for hydroxylation is 1. The molecule has 90 valence electrons. The standard InChI is InChI=1S/C12H20N2O2/c1-4-12(3,6-7-13)14-11(15)10-9(2)5-8-16-10/h5,8H,4,6-7,13H2,1-3H3,(H,14,15). The van der Waals surface area contributed by atoms with Crippen LogP contribution in [0, 0.1) is 6.92 Å². The van der Waals surface area contributed by atoms with Crippen LogP contribution >= 0.6 is 0 Å². The molecule has 1 aromatic rings. The van der Waals surface area contributed by atoms with E-state index in [9.17, 15) is 4.79 Å². The van der Waals surface area contributed by atoms with Crippen molar-refractivity contribution >= 4 is 5.91 Å². The number of hydrogen-bond acceptors (Lipinski definition) is 3. The zero-order valence-electron chi connectivity index (χ0n) is 10.2. The Labute approximate surface area is 96.2 Å². The molecule has 0 spiro atoms. The van der Waals surface area contributed by atoms with Gasteiger partial charge in [0.25, 0.3) is 5.91 Å². The molecule has 0 bridgehead atoms. The van der Waals surface area contributed by atoms with E-state index in [1.54, 1.807) is 6.07 Å². The zero-order chi connectivity index (χ0) is 12.2. The lowest BCUT2D eigenvalue weighted by Crippen LogP contribution is -2.46. The Morgan fingerprint density at radius 1 is 1.62 bits per heavy atom. The highest BCUT2D eigenvalue weighted by atomic mass is 16.3. The van der Waals surface area contributed by atoms with Gasteiger partial charge in [-0.1, -0.05) is 6.92 Å². The third kappa shape index (κ3) is 2.85. The fraction of sp³-hybridized carbons (Fsp3) is 0.583. The molecule has 1 rings (SSSR count). The molecule has 0 fully saturated rings. The molecule has 1 aromatic heterocycles. The van der Waals surface area contributed by atoms with Crippen LogP contribution in [0.3, 0.4) is 0 Å². The lowest BCUT2D eigenvalue weighted by Gasteiger charge is -2.28. The maximum atomic E-state index is 11.9. The molecule has 1 heterocycles. The van der Waals surface area contributed by atoms with Crippen LogP contribution in [0.5, 0.6) is 0 Å². The van der Waals surface area contributed by atoms with Crippen molar-refractivity contribution in [2.24, 2.45) is 5.73 Å². The normalized spacial score (nSPS) is 14.5. The van der Waals surface area contributed by atoms with Crippen LogP contribution in [0.15, 0.2) is 16.7 Å². The SMILES string of the molecule is CCC(C)(CCN)NC(=O)c1occc1C. The van der Waals surface area contributed by atoms with E-state index in [0.717, 1.165) is 18.4 Å². The van der Waals surface area contributed by atoms with Crippen molar-refractivity contribution in [2.75, 3.05) is 6.54 Å². The first-order valence-electron chi connectivity index (χ1n) is 5.59. The first-order chi connectivity index (χ1) is 7.52. The number of nitrogens with two attached hydrogens (primary N) is 1. The number of nitrogens with one attached hydrogen (secondary N) is 1. The Morgan fingerprint density at radius 3 is 2.75 bits per heavy atom. The highest BCUT2D eigenvalue weighted by molar-refractivity contribution is 5.93. The van der Waals surface area contributed by atoms with Crippen LogP contribution in [0.2, 0.25) is 0 Å². The molecule has 16 heavy (non-hydrogen) atoms. The van der Waals surface area contributed by atoms with E-state index < -0.39 is 0 Å². The second-order valence-corrected chi connectivity index (χ2v) is 4.34. The lowest BCUT2D eigenvalue weighted by atomic mass is 9.94. The molecule has 0 aromatic carbocycles. The Bertz CT molecular complexity index is 360. The minimum Gasteiger partial charge on any atom is -0.459 e. The summed E-state index contributed by atoms with van der Waals surface area (Å²) in [6.07, 6.45) is 3.13. The average Bonchev–Trinajstić information content (AvgIpc) is 2.65. The second kappa shape index (κ2) is 5.16. The summed E-state index contributed by atoms with van der Waals surface area (Å²) in [6.45, 7) is 6.44. The summed E-state index contributed by atoms with van der Waals surface area (Å²) < 4.78 is 5.15. The van der Waals surface area contributed by atoms with E-state index in [0.29, 0.717) is 12.3 Å². The van der Waals surface area contributed by atoms with E-state index in [-0.39, 0.29) is 11.4 Å². The summed E-state index contributed by atoms with van der Waals surface area (Å²) in [6, 6.07) is 1.78. The van der Waals surface area contributed by atoms with Crippen LogP contribution in [-0.4, -0.2) is 18.0 Å². The van der Waals surface area contributed by atoms with Gasteiger partial charge in [0.15, 0.2) is 5.76 Å². The molecule has 3 N–H and O–H groups in total. The first-order valence-corrected chi connectivity index (χ1v) is 5.59. The summed E-state index contributed by atoms with van der Waals surface area (Å²) in [5.74, 6) is 0.219. The van der Waals surface area contributed by atoms with Gasteiger partial charge in [-0.3, -0.25) is 4.79 Å². The van der Waals surface area contributed by atoms with Gasteiger partial charge in [0.05, 0.1) is 6.26 Å². The van der Waals surface area contributed by atoms with Crippen molar-refractivity contribution in [3.8, 4) is 0 Å². The molecule has 4 nitrogen and oxygen atoms in total. The predicted octanol–water partition coefficient (Wildman–Crippen LogP) is 1.84. The molecule has 1 atom stereocenters. The van der Waals surface area contributed by atoms with Crippen LogP contribution in [-0.2, 0) is 0 Å². The van der Waals surface area contributed by atoms with E-state index in [1.165, 1.54) is 6.26 Å². The van der Waals surface area contributed by atoms with Gasteiger partial charge >= 0.3 is 0 Å². The fourth-order valence-electron chi connectivity index (χ4n) is 1.58. The number of furan rings is 1. The lowest BCUT2D eigenvalue weighted by molar-refractivity contribution is 0.0870. The molecule has 0 radical (unpaired) electrons. The quantitative estimate of drug-likeness (QED) is 0.801. The van der Waals surface area contributed by atoms with E-state index >= 15 is 0 Å². The molecule has 0 aliphatic rings. The number of hydrogen-bond donors (Lipinski definition) is 2. The van der Waals surface area contributed by atoms with E-state index in [4.69, 9.17) is 10.2 Å². The van der Waals surface area contributed by atoms with Crippen molar-refractivity contribution in [2.45, 2.75) is 39.2 Å². The topological polar surface area (TPSA) is 68.3 Å². The zero-order valence-corrected chi connectivity index (χ0v) is 10.2. The molecule has 0 saturated heterocycles. The molecule has 1 unspecified atom stereocenters. The van der Waals surface area contributed by atoms with Gasteiger partial charge in [0, 0.05) is 11.1 Å². The summed E-state index contributed by atoms with van der Waals surface area (Å²) in [7, 11) is 0. The highest BCUT2D eigenvalue weighted by Crippen LogP contribution is 2.16. The third-order valence-electron chi connectivity index (χ3n) is 2.96. The molecular weight excluding hydrogens is 204 g/mol. The average molecular weight is 224 g/mol. The van der Waals surface area contributed by atoms with Gasteiger partial charge < -0.3 is 15.5 Å². The largest absolute Gasteiger partial charge is 0.459 e. The summed E-state index contributed by atoms with van der Waals surface area (Å²) in [5, 5.41) is 2.97.